The zero-order valence-corrected chi connectivity index (χ0v) is 5.28. The topological polar surface area (TPSA) is 0 Å². The minimum Gasteiger partial charge on any atom is -0.107 e. The molecule has 0 nitrogen and oxygen atoms in total. The summed E-state index contributed by atoms with van der Waals surface area (Å²) in [4.78, 5) is 0. The van der Waals surface area contributed by atoms with E-state index in [2.05, 4.69) is 18.3 Å². The molecule has 43 valence electrons. The Balaban J connectivity index is 1.92. The Bertz CT molecular complexity index is 110. The van der Waals surface area contributed by atoms with Crippen molar-refractivity contribution in [2.24, 2.45) is 5.92 Å². The van der Waals surface area contributed by atoms with Crippen LogP contribution in [0.4, 0.5) is 0 Å². The van der Waals surface area contributed by atoms with Crippen LogP contribution >= 0.6 is 0 Å². The first-order valence-corrected chi connectivity index (χ1v) is 3.16. The van der Waals surface area contributed by atoms with E-state index in [0.29, 0.717) is 0 Å². The number of hydrogen-bond donors (Lipinski definition) is 0. The Morgan fingerprint density at radius 2 is 2.50 bits per heavy atom. The first-order chi connectivity index (χ1) is 3.93. The summed E-state index contributed by atoms with van der Waals surface area (Å²) < 4.78 is 0. The van der Waals surface area contributed by atoms with E-state index in [-0.39, 0.29) is 0 Å². The summed E-state index contributed by atoms with van der Waals surface area (Å²) in [6.45, 7) is 1.90. The molecule has 8 heavy (non-hydrogen) atoms. The van der Waals surface area contributed by atoms with Crippen molar-refractivity contribution in [3.8, 4) is 11.8 Å². The quantitative estimate of drug-likeness (QED) is 0.473. The SMILES string of the molecule is CC#CCCC1[CH]C1. The van der Waals surface area contributed by atoms with Crippen molar-refractivity contribution in [1.82, 2.24) is 0 Å². The highest BCUT2D eigenvalue weighted by Crippen LogP contribution is 2.31. The third kappa shape index (κ3) is 2.02. The number of hydrogen-bond acceptors (Lipinski definition) is 0. The predicted octanol–water partition coefficient (Wildman–Crippen LogP) is 2.01. The van der Waals surface area contributed by atoms with Crippen molar-refractivity contribution in [2.45, 2.75) is 26.2 Å². The Kier molecular flexibility index (Phi) is 1.97. The highest BCUT2D eigenvalue weighted by molar-refractivity contribution is 5.00. The predicted molar refractivity (Wildman–Crippen MR) is 35.1 cm³/mol. The van der Waals surface area contributed by atoms with Crippen LogP contribution < -0.4 is 0 Å². The summed E-state index contributed by atoms with van der Waals surface area (Å²) in [7, 11) is 0. The Hall–Kier alpha value is -0.440. The van der Waals surface area contributed by atoms with Gasteiger partial charge in [0.05, 0.1) is 0 Å². The molecular formula is C8H11. The van der Waals surface area contributed by atoms with Crippen LogP contribution in [0.1, 0.15) is 26.2 Å². The van der Waals surface area contributed by atoms with Gasteiger partial charge in [0.25, 0.3) is 0 Å². The van der Waals surface area contributed by atoms with Crippen molar-refractivity contribution in [2.75, 3.05) is 0 Å². The van der Waals surface area contributed by atoms with E-state index in [1.807, 2.05) is 6.92 Å². The molecule has 1 aliphatic rings. The molecule has 1 aliphatic carbocycles. The van der Waals surface area contributed by atoms with E-state index in [1.54, 1.807) is 0 Å². The molecule has 0 heterocycles. The lowest BCUT2D eigenvalue weighted by Crippen LogP contribution is -1.71. The molecule has 0 bridgehead atoms. The van der Waals surface area contributed by atoms with Crippen LogP contribution in [-0.2, 0) is 0 Å². The van der Waals surface area contributed by atoms with Crippen LogP contribution in [0.3, 0.4) is 0 Å². The van der Waals surface area contributed by atoms with E-state index < -0.39 is 0 Å². The summed E-state index contributed by atoms with van der Waals surface area (Å²) in [6, 6.07) is 0. The lowest BCUT2D eigenvalue weighted by Gasteiger charge is -1.83. The molecule has 0 amide bonds. The van der Waals surface area contributed by atoms with E-state index >= 15 is 0 Å². The van der Waals surface area contributed by atoms with Gasteiger partial charge in [-0.2, -0.15) is 0 Å². The molecule has 0 saturated heterocycles. The second kappa shape index (κ2) is 2.77. The molecule has 1 atom stereocenters. The average molecular weight is 107 g/mol. The lowest BCUT2D eigenvalue weighted by molar-refractivity contribution is 0.774. The van der Waals surface area contributed by atoms with Crippen LogP contribution in [-0.4, -0.2) is 0 Å². The number of rotatable bonds is 2. The summed E-state index contributed by atoms with van der Waals surface area (Å²) >= 11 is 0. The Labute approximate surface area is 51.3 Å². The largest absolute Gasteiger partial charge is 0.107 e. The lowest BCUT2D eigenvalue weighted by atomic mass is 10.2. The van der Waals surface area contributed by atoms with Gasteiger partial charge in [-0.25, -0.2) is 0 Å². The second-order valence-electron chi connectivity index (χ2n) is 2.20. The van der Waals surface area contributed by atoms with E-state index in [4.69, 9.17) is 0 Å². The van der Waals surface area contributed by atoms with Gasteiger partial charge in [0.2, 0.25) is 0 Å². The van der Waals surface area contributed by atoms with Gasteiger partial charge in [0.15, 0.2) is 0 Å². The maximum Gasteiger partial charge on any atom is 0.00913 e. The summed E-state index contributed by atoms with van der Waals surface area (Å²) in [5.41, 5.74) is 0. The van der Waals surface area contributed by atoms with Gasteiger partial charge in [0, 0.05) is 6.42 Å². The Morgan fingerprint density at radius 3 is 3.00 bits per heavy atom. The van der Waals surface area contributed by atoms with Crippen LogP contribution in [0.2, 0.25) is 0 Å². The molecule has 1 radical (unpaired) electrons. The molecule has 1 saturated carbocycles. The third-order valence-electron chi connectivity index (χ3n) is 1.39. The van der Waals surface area contributed by atoms with Gasteiger partial charge >= 0.3 is 0 Å². The third-order valence-corrected chi connectivity index (χ3v) is 1.39. The molecule has 0 aliphatic heterocycles. The first-order valence-electron chi connectivity index (χ1n) is 3.16. The van der Waals surface area contributed by atoms with Crippen molar-refractivity contribution in [1.29, 1.82) is 0 Å². The summed E-state index contributed by atoms with van der Waals surface area (Å²) in [6.07, 6.45) is 6.07. The van der Waals surface area contributed by atoms with Gasteiger partial charge in [-0.15, -0.1) is 11.8 Å². The minimum absolute atomic E-state index is 0.927. The van der Waals surface area contributed by atoms with E-state index in [9.17, 15) is 0 Å². The fourth-order valence-corrected chi connectivity index (χ4v) is 0.714. The fourth-order valence-electron chi connectivity index (χ4n) is 0.714. The van der Waals surface area contributed by atoms with Gasteiger partial charge in [-0.1, -0.05) is 0 Å². The van der Waals surface area contributed by atoms with E-state index in [0.717, 1.165) is 12.3 Å². The normalized spacial score (nSPS) is 17.1. The molecule has 0 heteroatoms. The maximum absolute atomic E-state index is 3.05. The van der Waals surface area contributed by atoms with Crippen LogP contribution in [0.15, 0.2) is 0 Å². The maximum atomic E-state index is 3.05. The van der Waals surface area contributed by atoms with E-state index in [1.165, 1.54) is 12.8 Å². The minimum atomic E-state index is 0.927. The van der Waals surface area contributed by atoms with Crippen LogP contribution in [0.25, 0.3) is 0 Å². The van der Waals surface area contributed by atoms with Crippen LogP contribution in [0, 0.1) is 24.2 Å². The summed E-state index contributed by atoms with van der Waals surface area (Å²) in [5.74, 6) is 6.86. The van der Waals surface area contributed by atoms with Gasteiger partial charge in [-0.05, 0) is 32.1 Å². The molecule has 1 unspecified atom stereocenters. The van der Waals surface area contributed by atoms with Crippen molar-refractivity contribution < 1.29 is 0 Å². The smallest absolute Gasteiger partial charge is 0.00913 e. The first kappa shape index (κ1) is 5.69. The molecule has 0 aromatic heterocycles. The standard InChI is InChI=1S/C8H11/c1-2-3-4-5-8-6-7-8/h6,8H,4-5,7H2,1H3. The highest BCUT2D eigenvalue weighted by Gasteiger charge is 2.19. The van der Waals surface area contributed by atoms with Gasteiger partial charge in [-0.3, -0.25) is 0 Å². The molecule has 0 N–H and O–H groups in total. The average Bonchev–Trinajstić information content (AvgIpc) is 2.51. The second-order valence-corrected chi connectivity index (χ2v) is 2.20. The Morgan fingerprint density at radius 1 is 1.75 bits per heavy atom. The van der Waals surface area contributed by atoms with Gasteiger partial charge < -0.3 is 0 Å². The van der Waals surface area contributed by atoms with Crippen molar-refractivity contribution >= 4 is 0 Å². The molecule has 0 aromatic carbocycles. The molecular weight excluding hydrogens is 96.1 g/mol. The molecule has 1 fully saturated rings. The zero-order chi connectivity index (χ0) is 5.82. The fraction of sp³-hybridized carbons (Fsp3) is 0.625. The van der Waals surface area contributed by atoms with Crippen molar-refractivity contribution in [3.05, 3.63) is 6.42 Å². The molecule has 0 spiro atoms. The monoisotopic (exact) mass is 107 g/mol. The molecule has 0 aromatic rings. The van der Waals surface area contributed by atoms with Gasteiger partial charge in [0.1, 0.15) is 0 Å². The highest BCUT2D eigenvalue weighted by atomic mass is 14.2. The summed E-state index contributed by atoms with van der Waals surface area (Å²) in [5, 5.41) is 0. The van der Waals surface area contributed by atoms with Crippen LogP contribution in [0.5, 0.6) is 0 Å². The van der Waals surface area contributed by atoms with Crippen molar-refractivity contribution in [3.63, 3.8) is 0 Å². The zero-order valence-electron chi connectivity index (χ0n) is 5.28. The molecule has 1 rings (SSSR count).